The van der Waals surface area contributed by atoms with Gasteiger partial charge in [-0.15, -0.1) is 0 Å². The molecule has 9 nitrogen and oxygen atoms in total. The van der Waals surface area contributed by atoms with E-state index in [-0.39, 0.29) is 16.6 Å². The third kappa shape index (κ3) is 3.46. The van der Waals surface area contributed by atoms with Gasteiger partial charge >= 0.3 is 6.03 Å². The highest BCUT2D eigenvalue weighted by molar-refractivity contribution is 5.85. The second kappa shape index (κ2) is 6.88. The molecule has 1 fully saturated rings. The van der Waals surface area contributed by atoms with Gasteiger partial charge in [0.05, 0.1) is 13.2 Å². The van der Waals surface area contributed by atoms with E-state index in [1.807, 2.05) is 18.2 Å². The SMILES string of the molecule is O=C(N/N=C/c1c(-c2ccccc2)no[n+]1[O-])N1CCOCC1. The zero-order valence-electron chi connectivity index (χ0n) is 12.2. The van der Waals surface area contributed by atoms with Gasteiger partial charge in [-0.1, -0.05) is 30.3 Å². The van der Waals surface area contributed by atoms with Gasteiger partial charge in [-0.3, -0.25) is 4.63 Å². The van der Waals surface area contributed by atoms with Crippen LogP contribution in [-0.4, -0.2) is 48.6 Å². The smallest absolute Gasteiger partial charge is 0.337 e. The van der Waals surface area contributed by atoms with Crippen molar-refractivity contribution in [3.63, 3.8) is 0 Å². The van der Waals surface area contributed by atoms with Gasteiger partial charge in [-0.2, -0.15) is 5.10 Å². The van der Waals surface area contributed by atoms with Crippen LogP contribution < -0.4 is 10.3 Å². The van der Waals surface area contributed by atoms with E-state index in [0.717, 1.165) is 0 Å². The Kier molecular flexibility index (Phi) is 4.48. The Labute approximate surface area is 131 Å². The number of nitrogens with one attached hydrogen (secondary N) is 1. The summed E-state index contributed by atoms with van der Waals surface area (Å²) in [6.45, 7) is 2.01. The molecule has 9 heteroatoms. The largest absolute Gasteiger partial charge is 0.378 e. The third-order valence-electron chi connectivity index (χ3n) is 3.34. The lowest BCUT2D eigenvalue weighted by Crippen LogP contribution is -2.44. The topological polar surface area (TPSA) is 107 Å². The molecule has 1 aromatic heterocycles. The van der Waals surface area contributed by atoms with Crippen molar-refractivity contribution >= 4 is 12.2 Å². The maximum absolute atomic E-state index is 11.9. The van der Waals surface area contributed by atoms with Crippen molar-refractivity contribution in [3.05, 3.63) is 41.2 Å². The summed E-state index contributed by atoms with van der Waals surface area (Å²) >= 11 is 0. The van der Waals surface area contributed by atoms with Crippen LogP contribution in [0.25, 0.3) is 11.3 Å². The molecule has 0 atom stereocenters. The number of rotatable bonds is 3. The lowest BCUT2D eigenvalue weighted by Gasteiger charge is -2.25. The summed E-state index contributed by atoms with van der Waals surface area (Å²) in [5, 5.41) is 19.2. The number of morpholine rings is 1. The van der Waals surface area contributed by atoms with Crippen molar-refractivity contribution in [2.45, 2.75) is 0 Å². The first-order valence-electron chi connectivity index (χ1n) is 7.06. The molecule has 23 heavy (non-hydrogen) atoms. The molecule has 1 aliphatic rings. The second-order valence-electron chi connectivity index (χ2n) is 4.80. The molecule has 0 aliphatic carbocycles. The molecule has 0 bridgehead atoms. The maximum atomic E-state index is 11.9. The van der Waals surface area contributed by atoms with E-state index in [1.54, 1.807) is 17.0 Å². The highest BCUT2D eigenvalue weighted by atomic mass is 16.8. The van der Waals surface area contributed by atoms with E-state index in [9.17, 15) is 10.0 Å². The van der Waals surface area contributed by atoms with Crippen molar-refractivity contribution in [3.8, 4) is 11.3 Å². The minimum Gasteiger partial charge on any atom is -0.378 e. The number of benzene rings is 1. The molecule has 120 valence electrons. The average molecular weight is 317 g/mol. The van der Waals surface area contributed by atoms with E-state index < -0.39 is 0 Å². The molecule has 0 radical (unpaired) electrons. The van der Waals surface area contributed by atoms with Crippen LogP contribution in [0.3, 0.4) is 0 Å². The Hall–Kier alpha value is -2.94. The summed E-state index contributed by atoms with van der Waals surface area (Å²) in [4.78, 5) is 13.7. The molecule has 1 aliphatic heterocycles. The highest BCUT2D eigenvalue weighted by Crippen LogP contribution is 2.17. The fourth-order valence-electron chi connectivity index (χ4n) is 2.15. The molecule has 2 amide bonds. The maximum Gasteiger partial charge on any atom is 0.337 e. The normalized spacial score (nSPS) is 15.0. The van der Waals surface area contributed by atoms with Gasteiger partial charge in [-0.25, -0.2) is 10.2 Å². The third-order valence-corrected chi connectivity index (χ3v) is 3.34. The molecule has 1 aromatic carbocycles. The monoisotopic (exact) mass is 317 g/mol. The summed E-state index contributed by atoms with van der Waals surface area (Å²) in [6.07, 6.45) is 1.21. The first-order valence-corrected chi connectivity index (χ1v) is 7.06. The molecule has 3 rings (SSSR count). The van der Waals surface area contributed by atoms with Crippen molar-refractivity contribution in [1.29, 1.82) is 0 Å². The molecule has 2 aromatic rings. The van der Waals surface area contributed by atoms with Gasteiger partial charge in [0, 0.05) is 23.8 Å². The number of aromatic nitrogens is 2. The van der Waals surface area contributed by atoms with Gasteiger partial charge in [0.25, 0.3) is 5.69 Å². The van der Waals surface area contributed by atoms with Crippen molar-refractivity contribution in [2.24, 2.45) is 5.10 Å². The summed E-state index contributed by atoms with van der Waals surface area (Å²) in [6, 6.07) is 8.73. The number of hydrazone groups is 1. The molecule has 1 saturated heterocycles. The molecule has 1 N–H and O–H groups in total. The van der Waals surface area contributed by atoms with Crippen molar-refractivity contribution in [1.82, 2.24) is 15.5 Å². The number of urea groups is 1. The molecular weight excluding hydrogens is 302 g/mol. The number of hydrogen-bond donors (Lipinski definition) is 1. The fraction of sp³-hybridized carbons (Fsp3) is 0.286. The molecule has 2 heterocycles. The van der Waals surface area contributed by atoms with Gasteiger partial charge in [0.2, 0.25) is 5.69 Å². The number of amides is 2. The van der Waals surface area contributed by atoms with Gasteiger partial charge in [-0.05, 0) is 4.90 Å². The van der Waals surface area contributed by atoms with Crippen LogP contribution >= 0.6 is 0 Å². The quantitative estimate of drug-likeness (QED) is 0.499. The summed E-state index contributed by atoms with van der Waals surface area (Å²) in [5.74, 6) is 0. The van der Waals surface area contributed by atoms with E-state index in [1.165, 1.54) is 6.21 Å². The fourth-order valence-corrected chi connectivity index (χ4v) is 2.15. The van der Waals surface area contributed by atoms with Crippen molar-refractivity contribution < 1.29 is 19.1 Å². The summed E-state index contributed by atoms with van der Waals surface area (Å²) in [7, 11) is 0. The van der Waals surface area contributed by atoms with Gasteiger partial charge < -0.3 is 14.8 Å². The van der Waals surface area contributed by atoms with Crippen LogP contribution in [0.15, 0.2) is 40.1 Å². The van der Waals surface area contributed by atoms with Crippen LogP contribution in [0.2, 0.25) is 0 Å². The Morgan fingerprint density at radius 3 is 2.83 bits per heavy atom. The number of ether oxygens (including phenoxy) is 1. The minimum atomic E-state index is -0.347. The van der Waals surface area contributed by atoms with E-state index in [4.69, 9.17) is 4.74 Å². The molecule has 0 spiro atoms. The van der Waals surface area contributed by atoms with Crippen molar-refractivity contribution in [2.75, 3.05) is 26.3 Å². The zero-order chi connectivity index (χ0) is 16.1. The van der Waals surface area contributed by atoms with Gasteiger partial charge in [0.15, 0.2) is 0 Å². The number of carbonyl (C=O) groups excluding carboxylic acids is 1. The number of nitrogens with zero attached hydrogens (tertiary/aromatic N) is 4. The van der Waals surface area contributed by atoms with E-state index in [0.29, 0.717) is 37.6 Å². The van der Waals surface area contributed by atoms with Crippen LogP contribution in [0.1, 0.15) is 5.69 Å². The summed E-state index contributed by atoms with van der Waals surface area (Å²) in [5.41, 5.74) is 3.55. The first kappa shape index (κ1) is 15.0. The van der Waals surface area contributed by atoms with E-state index >= 15 is 0 Å². The Bertz CT molecular complexity index is 694. The Morgan fingerprint density at radius 1 is 1.35 bits per heavy atom. The van der Waals surface area contributed by atoms with Crippen LogP contribution in [0.4, 0.5) is 4.79 Å². The Balaban J connectivity index is 1.70. The summed E-state index contributed by atoms with van der Waals surface area (Å²) < 4.78 is 9.77. The Morgan fingerprint density at radius 2 is 2.09 bits per heavy atom. The van der Waals surface area contributed by atoms with Crippen LogP contribution in [-0.2, 0) is 4.74 Å². The minimum absolute atomic E-state index is 0.110. The lowest BCUT2D eigenvalue weighted by atomic mass is 10.1. The second-order valence-corrected chi connectivity index (χ2v) is 4.80. The first-order chi connectivity index (χ1) is 11.3. The number of carbonyl (C=O) groups is 1. The highest BCUT2D eigenvalue weighted by Gasteiger charge is 2.20. The predicted molar refractivity (Wildman–Crippen MR) is 79.4 cm³/mol. The average Bonchev–Trinajstić information content (AvgIpc) is 2.97. The lowest BCUT2D eigenvalue weighted by molar-refractivity contribution is -0.803. The zero-order valence-corrected chi connectivity index (χ0v) is 12.2. The van der Waals surface area contributed by atoms with Crippen LogP contribution in [0.5, 0.6) is 0 Å². The van der Waals surface area contributed by atoms with E-state index in [2.05, 4.69) is 20.3 Å². The molecule has 0 saturated carbocycles. The number of hydrogen-bond acceptors (Lipinski definition) is 6. The molecule has 0 unspecified atom stereocenters. The van der Waals surface area contributed by atoms with Gasteiger partial charge in [0.1, 0.15) is 6.21 Å². The predicted octanol–water partition coefficient (Wildman–Crippen LogP) is 0.351. The van der Waals surface area contributed by atoms with Crippen LogP contribution in [0, 0.1) is 5.21 Å². The standard InChI is InChI=1S/C14H15N5O4/c20-14(18-6-8-22-9-7-18)16-15-10-12-13(17-23-19(12)21)11-4-2-1-3-5-11/h1-5,10H,6-9H2,(H,16,20)/b15-10+. The molecular formula is C14H15N5O4.